The third-order valence-corrected chi connectivity index (χ3v) is 3.07. The Labute approximate surface area is 107 Å². The van der Waals surface area contributed by atoms with Crippen LogP contribution in [0.5, 0.6) is 0 Å². The van der Waals surface area contributed by atoms with Gasteiger partial charge in [0.1, 0.15) is 0 Å². The van der Waals surface area contributed by atoms with Crippen molar-refractivity contribution in [1.82, 2.24) is 10.2 Å². The second kappa shape index (κ2) is 6.55. The minimum Gasteiger partial charge on any atom is -0.308 e. The molecule has 0 bridgehead atoms. The van der Waals surface area contributed by atoms with Gasteiger partial charge in [0.05, 0.1) is 0 Å². The van der Waals surface area contributed by atoms with Gasteiger partial charge in [-0.05, 0) is 58.1 Å². The van der Waals surface area contributed by atoms with Crippen LogP contribution in [-0.4, -0.2) is 36.6 Å². The molecule has 0 atom stereocenters. The van der Waals surface area contributed by atoms with Crippen LogP contribution in [-0.2, 0) is 0 Å². The summed E-state index contributed by atoms with van der Waals surface area (Å²) in [5.41, 5.74) is 1.50. The standard InChI is InChI=1S/C15H30N2/c1-6-9-17(12-14-7-8-14)11-13(2)10-16-15(3,4)5/h14,16H,2,6-12H2,1,3-5H3. The topological polar surface area (TPSA) is 15.3 Å². The first-order valence-electron chi connectivity index (χ1n) is 7.04. The van der Waals surface area contributed by atoms with Crippen LogP contribution in [0.15, 0.2) is 12.2 Å². The summed E-state index contributed by atoms with van der Waals surface area (Å²) in [5, 5.41) is 3.51. The summed E-state index contributed by atoms with van der Waals surface area (Å²) in [4.78, 5) is 2.57. The van der Waals surface area contributed by atoms with E-state index < -0.39 is 0 Å². The van der Waals surface area contributed by atoms with Crippen molar-refractivity contribution in [3.05, 3.63) is 12.2 Å². The molecule has 17 heavy (non-hydrogen) atoms. The van der Waals surface area contributed by atoms with Crippen LogP contribution in [0, 0.1) is 5.92 Å². The molecule has 2 nitrogen and oxygen atoms in total. The molecule has 1 rings (SSSR count). The van der Waals surface area contributed by atoms with Gasteiger partial charge in [0, 0.05) is 25.2 Å². The second-order valence-corrected chi connectivity index (χ2v) is 6.53. The Morgan fingerprint density at radius 3 is 2.47 bits per heavy atom. The van der Waals surface area contributed by atoms with Gasteiger partial charge in [-0.15, -0.1) is 0 Å². The van der Waals surface area contributed by atoms with E-state index in [1.807, 2.05) is 0 Å². The first-order valence-corrected chi connectivity index (χ1v) is 7.04. The highest BCUT2D eigenvalue weighted by atomic mass is 15.1. The van der Waals surface area contributed by atoms with E-state index in [0.717, 1.165) is 19.0 Å². The molecule has 0 aromatic heterocycles. The molecule has 1 fully saturated rings. The molecule has 1 N–H and O–H groups in total. The Morgan fingerprint density at radius 1 is 1.35 bits per heavy atom. The zero-order chi connectivity index (χ0) is 12.9. The van der Waals surface area contributed by atoms with E-state index in [9.17, 15) is 0 Å². The Bertz CT molecular complexity index is 236. The number of hydrogen-bond acceptors (Lipinski definition) is 2. The summed E-state index contributed by atoms with van der Waals surface area (Å²) < 4.78 is 0. The van der Waals surface area contributed by atoms with Crippen LogP contribution in [0.4, 0.5) is 0 Å². The predicted octanol–water partition coefficient (Wildman–Crippen LogP) is 3.05. The van der Waals surface area contributed by atoms with E-state index in [4.69, 9.17) is 0 Å². The third kappa shape index (κ3) is 7.56. The van der Waals surface area contributed by atoms with Crippen molar-refractivity contribution in [2.75, 3.05) is 26.2 Å². The quantitative estimate of drug-likeness (QED) is 0.654. The molecule has 0 heterocycles. The summed E-state index contributed by atoms with van der Waals surface area (Å²) in [6.45, 7) is 17.6. The molecular weight excluding hydrogens is 208 g/mol. The minimum absolute atomic E-state index is 0.190. The van der Waals surface area contributed by atoms with Crippen LogP contribution in [0.3, 0.4) is 0 Å². The molecule has 0 amide bonds. The van der Waals surface area contributed by atoms with Gasteiger partial charge in [0.25, 0.3) is 0 Å². The monoisotopic (exact) mass is 238 g/mol. The average Bonchev–Trinajstić information content (AvgIpc) is 2.98. The molecule has 100 valence electrons. The smallest absolute Gasteiger partial charge is 0.0202 e. The maximum absolute atomic E-state index is 4.20. The van der Waals surface area contributed by atoms with Crippen LogP contribution >= 0.6 is 0 Å². The van der Waals surface area contributed by atoms with E-state index in [0.29, 0.717) is 0 Å². The maximum atomic E-state index is 4.20. The first kappa shape index (κ1) is 14.7. The fourth-order valence-electron chi connectivity index (χ4n) is 1.98. The zero-order valence-corrected chi connectivity index (χ0v) is 12.2. The molecule has 0 aromatic rings. The highest BCUT2D eigenvalue weighted by Crippen LogP contribution is 2.29. The lowest BCUT2D eigenvalue weighted by atomic mass is 10.1. The van der Waals surface area contributed by atoms with E-state index >= 15 is 0 Å². The lowest BCUT2D eigenvalue weighted by Crippen LogP contribution is -2.39. The summed E-state index contributed by atoms with van der Waals surface area (Å²) in [6, 6.07) is 0. The molecule has 0 aliphatic heterocycles. The van der Waals surface area contributed by atoms with E-state index in [1.54, 1.807) is 0 Å². The SMILES string of the molecule is C=C(CNC(C)(C)C)CN(CCC)CC1CC1. The van der Waals surface area contributed by atoms with Gasteiger partial charge in [-0.2, -0.15) is 0 Å². The molecule has 1 aliphatic rings. The Morgan fingerprint density at radius 2 is 2.00 bits per heavy atom. The van der Waals surface area contributed by atoms with Gasteiger partial charge in [-0.25, -0.2) is 0 Å². The van der Waals surface area contributed by atoms with Crippen LogP contribution in [0.1, 0.15) is 47.0 Å². The van der Waals surface area contributed by atoms with Crippen molar-refractivity contribution in [3.8, 4) is 0 Å². The van der Waals surface area contributed by atoms with E-state index in [2.05, 4.69) is 44.5 Å². The van der Waals surface area contributed by atoms with Crippen LogP contribution in [0.25, 0.3) is 0 Å². The number of hydrogen-bond donors (Lipinski definition) is 1. The maximum Gasteiger partial charge on any atom is 0.0202 e. The lowest BCUT2D eigenvalue weighted by molar-refractivity contribution is 0.281. The second-order valence-electron chi connectivity index (χ2n) is 6.53. The van der Waals surface area contributed by atoms with Crippen LogP contribution in [0.2, 0.25) is 0 Å². The molecule has 0 aromatic carbocycles. The third-order valence-electron chi connectivity index (χ3n) is 3.07. The largest absolute Gasteiger partial charge is 0.308 e. The minimum atomic E-state index is 0.190. The molecular formula is C15H30N2. The molecule has 2 heteroatoms. The molecule has 0 unspecified atom stereocenters. The molecule has 0 radical (unpaired) electrons. The Hall–Kier alpha value is -0.340. The van der Waals surface area contributed by atoms with Crippen LogP contribution < -0.4 is 5.32 Å². The molecule has 0 saturated heterocycles. The summed E-state index contributed by atoms with van der Waals surface area (Å²) in [5.74, 6) is 0.977. The normalized spacial score (nSPS) is 16.5. The number of nitrogens with zero attached hydrogens (tertiary/aromatic N) is 1. The van der Waals surface area contributed by atoms with E-state index in [-0.39, 0.29) is 5.54 Å². The lowest BCUT2D eigenvalue weighted by Gasteiger charge is -2.25. The summed E-state index contributed by atoms with van der Waals surface area (Å²) >= 11 is 0. The fraction of sp³-hybridized carbons (Fsp3) is 0.867. The van der Waals surface area contributed by atoms with Gasteiger partial charge in [-0.1, -0.05) is 13.5 Å². The Balaban J connectivity index is 2.24. The van der Waals surface area contributed by atoms with Crippen molar-refractivity contribution in [2.45, 2.75) is 52.5 Å². The summed E-state index contributed by atoms with van der Waals surface area (Å²) in [7, 11) is 0. The molecule has 0 spiro atoms. The van der Waals surface area contributed by atoms with Crippen molar-refractivity contribution in [3.63, 3.8) is 0 Å². The average molecular weight is 238 g/mol. The van der Waals surface area contributed by atoms with Gasteiger partial charge < -0.3 is 5.32 Å². The van der Waals surface area contributed by atoms with Gasteiger partial charge >= 0.3 is 0 Å². The predicted molar refractivity (Wildman–Crippen MR) is 76.4 cm³/mol. The molecule has 1 saturated carbocycles. The van der Waals surface area contributed by atoms with Crippen molar-refractivity contribution < 1.29 is 0 Å². The zero-order valence-electron chi connectivity index (χ0n) is 12.2. The summed E-state index contributed by atoms with van der Waals surface area (Å²) in [6.07, 6.45) is 4.12. The number of nitrogens with one attached hydrogen (secondary N) is 1. The number of rotatable bonds is 8. The first-order chi connectivity index (χ1) is 7.90. The van der Waals surface area contributed by atoms with E-state index in [1.165, 1.54) is 37.9 Å². The fourth-order valence-corrected chi connectivity index (χ4v) is 1.98. The van der Waals surface area contributed by atoms with Crippen molar-refractivity contribution >= 4 is 0 Å². The van der Waals surface area contributed by atoms with Gasteiger partial charge in [0.2, 0.25) is 0 Å². The van der Waals surface area contributed by atoms with Gasteiger partial charge in [-0.3, -0.25) is 4.90 Å². The van der Waals surface area contributed by atoms with Crippen molar-refractivity contribution in [2.24, 2.45) is 5.92 Å². The highest BCUT2D eigenvalue weighted by molar-refractivity contribution is 5.01. The highest BCUT2D eigenvalue weighted by Gasteiger charge is 2.24. The Kier molecular flexibility index (Phi) is 5.68. The van der Waals surface area contributed by atoms with Gasteiger partial charge in [0.15, 0.2) is 0 Å². The van der Waals surface area contributed by atoms with Crippen molar-refractivity contribution in [1.29, 1.82) is 0 Å². The molecule has 1 aliphatic carbocycles.